The second-order valence-electron chi connectivity index (χ2n) is 5.72. The standard InChI is InChI=1S/C18H21F3N2OS/c1-3-5-10-23(4-2)16(24)11-15-12-25-17(22-15)13-6-8-14(9-7-13)18(19,20)21/h6-9,12H,3-5,10-11H2,1-2H3. The largest absolute Gasteiger partial charge is 0.416 e. The highest BCUT2D eigenvalue weighted by atomic mass is 32.1. The van der Waals surface area contributed by atoms with Crippen LogP contribution < -0.4 is 0 Å². The first kappa shape index (κ1) is 19.4. The van der Waals surface area contributed by atoms with E-state index in [9.17, 15) is 18.0 Å². The first-order valence-corrected chi connectivity index (χ1v) is 9.13. The molecule has 0 saturated heterocycles. The molecular formula is C18H21F3N2OS. The van der Waals surface area contributed by atoms with Crippen molar-refractivity contribution in [3.8, 4) is 10.6 Å². The lowest BCUT2D eigenvalue weighted by Crippen LogP contribution is -2.33. The number of thiazole rings is 1. The summed E-state index contributed by atoms with van der Waals surface area (Å²) >= 11 is 1.33. The molecule has 136 valence electrons. The minimum atomic E-state index is -4.35. The van der Waals surface area contributed by atoms with Crippen molar-refractivity contribution < 1.29 is 18.0 Å². The topological polar surface area (TPSA) is 33.2 Å². The average Bonchev–Trinajstić information content (AvgIpc) is 3.03. The molecular weight excluding hydrogens is 349 g/mol. The average molecular weight is 370 g/mol. The molecule has 0 aliphatic carbocycles. The fourth-order valence-corrected chi connectivity index (χ4v) is 3.22. The van der Waals surface area contributed by atoms with Crippen molar-refractivity contribution in [1.82, 2.24) is 9.88 Å². The van der Waals surface area contributed by atoms with Crippen LogP contribution in [0.2, 0.25) is 0 Å². The highest BCUT2D eigenvalue weighted by Crippen LogP contribution is 2.31. The molecule has 0 radical (unpaired) electrons. The number of likely N-dealkylation sites (N-methyl/N-ethyl adjacent to an activating group) is 1. The molecule has 2 rings (SSSR count). The van der Waals surface area contributed by atoms with Gasteiger partial charge in [0.2, 0.25) is 5.91 Å². The lowest BCUT2D eigenvalue weighted by Gasteiger charge is -2.20. The lowest BCUT2D eigenvalue weighted by molar-refractivity contribution is -0.137. The van der Waals surface area contributed by atoms with Gasteiger partial charge in [0.1, 0.15) is 5.01 Å². The molecule has 7 heteroatoms. The fraction of sp³-hybridized carbons (Fsp3) is 0.444. The molecule has 2 aromatic rings. The maximum atomic E-state index is 12.6. The van der Waals surface area contributed by atoms with Crippen LogP contribution in [-0.4, -0.2) is 28.9 Å². The zero-order chi connectivity index (χ0) is 18.4. The number of carbonyl (C=O) groups is 1. The van der Waals surface area contributed by atoms with Gasteiger partial charge in [-0.05, 0) is 25.5 Å². The number of unbranched alkanes of at least 4 members (excludes halogenated alkanes) is 1. The first-order valence-electron chi connectivity index (χ1n) is 8.25. The molecule has 3 nitrogen and oxygen atoms in total. The maximum absolute atomic E-state index is 12.6. The SMILES string of the molecule is CCCCN(CC)C(=O)Cc1csc(-c2ccc(C(F)(F)F)cc2)n1. The summed E-state index contributed by atoms with van der Waals surface area (Å²) in [7, 11) is 0. The third-order valence-electron chi connectivity index (χ3n) is 3.86. The third kappa shape index (κ3) is 5.29. The third-order valence-corrected chi connectivity index (χ3v) is 4.80. The Bertz CT molecular complexity index is 695. The predicted molar refractivity (Wildman–Crippen MR) is 93.4 cm³/mol. The Morgan fingerprint density at radius 1 is 1.20 bits per heavy atom. The molecule has 0 spiro atoms. The van der Waals surface area contributed by atoms with E-state index < -0.39 is 11.7 Å². The van der Waals surface area contributed by atoms with Crippen LogP contribution in [0.5, 0.6) is 0 Å². The number of carbonyl (C=O) groups excluding carboxylic acids is 1. The van der Waals surface area contributed by atoms with Gasteiger partial charge < -0.3 is 4.90 Å². The van der Waals surface area contributed by atoms with Gasteiger partial charge in [-0.25, -0.2) is 4.98 Å². The van der Waals surface area contributed by atoms with E-state index in [1.54, 1.807) is 10.3 Å². The summed E-state index contributed by atoms with van der Waals surface area (Å²) in [6.07, 6.45) is -2.14. The van der Waals surface area contributed by atoms with Gasteiger partial charge in [-0.2, -0.15) is 13.2 Å². The predicted octanol–water partition coefficient (Wildman–Crippen LogP) is 5.02. The quantitative estimate of drug-likeness (QED) is 0.686. The monoisotopic (exact) mass is 370 g/mol. The maximum Gasteiger partial charge on any atom is 0.416 e. The van der Waals surface area contributed by atoms with Crippen LogP contribution in [-0.2, 0) is 17.4 Å². The summed E-state index contributed by atoms with van der Waals surface area (Å²) in [5, 5.41) is 2.41. The highest BCUT2D eigenvalue weighted by Gasteiger charge is 2.30. The van der Waals surface area contributed by atoms with Crippen molar-refractivity contribution in [2.45, 2.75) is 39.3 Å². The number of nitrogens with zero attached hydrogens (tertiary/aromatic N) is 2. The van der Waals surface area contributed by atoms with Crippen molar-refractivity contribution in [2.24, 2.45) is 0 Å². The van der Waals surface area contributed by atoms with Crippen molar-refractivity contribution in [3.05, 3.63) is 40.9 Å². The normalized spacial score (nSPS) is 11.6. The molecule has 1 aromatic heterocycles. The molecule has 0 N–H and O–H groups in total. The van der Waals surface area contributed by atoms with Crippen LogP contribution >= 0.6 is 11.3 Å². The summed E-state index contributed by atoms with van der Waals surface area (Å²) < 4.78 is 37.8. The minimum Gasteiger partial charge on any atom is -0.343 e. The van der Waals surface area contributed by atoms with Crippen LogP contribution in [0, 0.1) is 0 Å². The molecule has 0 fully saturated rings. The second kappa shape index (κ2) is 8.47. The van der Waals surface area contributed by atoms with Gasteiger partial charge in [-0.1, -0.05) is 25.5 Å². The Kier molecular flexibility index (Phi) is 6.58. The van der Waals surface area contributed by atoms with E-state index in [2.05, 4.69) is 11.9 Å². The first-order chi connectivity index (χ1) is 11.8. The van der Waals surface area contributed by atoms with Crippen molar-refractivity contribution in [2.75, 3.05) is 13.1 Å². The van der Waals surface area contributed by atoms with Gasteiger partial charge in [0.25, 0.3) is 0 Å². The number of benzene rings is 1. The Labute approximate surface area is 149 Å². The number of amides is 1. The second-order valence-corrected chi connectivity index (χ2v) is 6.58. The number of hydrogen-bond donors (Lipinski definition) is 0. The number of aromatic nitrogens is 1. The molecule has 0 aliphatic heterocycles. The number of alkyl halides is 3. The Morgan fingerprint density at radius 3 is 2.44 bits per heavy atom. The van der Waals surface area contributed by atoms with Crippen molar-refractivity contribution in [1.29, 1.82) is 0 Å². The summed E-state index contributed by atoms with van der Waals surface area (Å²) in [6.45, 7) is 5.42. The smallest absolute Gasteiger partial charge is 0.343 e. The van der Waals surface area contributed by atoms with E-state index >= 15 is 0 Å². The van der Waals surface area contributed by atoms with Crippen LogP contribution in [0.4, 0.5) is 13.2 Å². The van der Waals surface area contributed by atoms with Gasteiger partial charge in [-0.3, -0.25) is 4.79 Å². The van der Waals surface area contributed by atoms with Gasteiger partial charge in [-0.15, -0.1) is 11.3 Å². The summed E-state index contributed by atoms with van der Waals surface area (Å²) in [4.78, 5) is 18.5. The van der Waals surface area contributed by atoms with E-state index in [-0.39, 0.29) is 12.3 Å². The van der Waals surface area contributed by atoms with E-state index in [1.807, 2.05) is 6.92 Å². The molecule has 1 heterocycles. The van der Waals surface area contributed by atoms with Gasteiger partial charge in [0.05, 0.1) is 17.7 Å². The Balaban J connectivity index is 2.05. The highest BCUT2D eigenvalue weighted by molar-refractivity contribution is 7.13. The van der Waals surface area contributed by atoms with Crippen molar-refractivity contribution in [3.63, 3.8) is 0 Å². The van der Waals surface area contributed by atoms with Crippen LogP contribution in [0.15, 0.2) is 29.6 Å². The summed E-state index contributed by atoms with van der Waals surface area (Å²) in [5.74, 6) is 0.0280. The lowest BCUT2D eigenvalue weighted by atomic mass is 10.1. The summed E-state index contributed by atoms with van der Waals surface area (Å²) in [6, 6.07) is 4.91. The number of halogens is 3. The van der Waals surface area contributed by atoms with E-state index in [1.165, 1.54) is 23.5 Å². The molecule has 0 unspecified atom stereocenters. The van der Waals surface area contributed by atoms with Crippen LogP contribution in [0.3, 0.4) is 0 Å². The number of hydrogen-bond acceptors (Lipinski definition) is 3. The molecule has 0 saturated carbocycles. The minimum absolute atomic E-state index is 0.0280. The molecule has 25 heavy (non-hydrogen) atoms. The van der Waals surface area contributed by atoms with E-state index in [0.717, 1.165) is 31.5 Å². The van der Waals surface area contributed by atoms with Crippen LogP contribution in [0.1, 0.15) is 37.9 Å². The molecule has 1 aromatic carbocycles. The van der Waals surface area contributed by atoms with Gasteiger partial charge in [0.15, 0.2) is 0 Å². The zero-order valence-corrected chi connectivity index (χ0v) is 15.1. The zero-order valence-electron chi connectivity index (χ0n) is 14.3. The molecule has 0 bridgehead atoms. The van der Waals surface area contributed by atoms with E-state index in [0.29, 0.717) is 22.8 Å². The Hall–Kier alpha value is -1.89. The molecule has 1 amide bonds. The number of rotatable bonds is 7. The Morgan fingerprint density at radius 2 is 1.88 bits per heavy atom. The van der Waals surface area contributed by atoms with Crippen LogP contribution in [0.25, 0.3) is 10.6 Å². The fourth-order valence-electron chi connectivity index (χ4n) is 2.40. The van der Waals surface area contributed by atoms with Crippen molar-refractivity contribution >= 4 is 17.2 Å². The van der Waals surface area contributed by atoms with E-state index in [4.69, 9.17) is 0 Å². The molecule has 0 atom stereocenters. The molecule has 0 aliphatic rings. The van der Waals surface area contributed by atoms with Gasteiger partial charge >= 0.3 is 6.18 Å². The summed E-state index contributed by atoms with van der Waals surface area (Å²) in [5.41, 5.74) is 0.590. The van der Waals surface area contributed by atoms with Gasteiger partial charge in [0, 0.05) is 24.0 Å².